The van der Waals surface area contributed by atoms with Crippen LogP contribution >= 0.6 is 15.9 Å². The average Bonchev–Trinajstić information content (AvgIpc) is 2.42. The molecule has 1 saturated heterocycles. The van der Waals surface area contributed by atoms with Gasteiger partial charge in [0.25, 0.3) is 0 Å². The van der Waals surface area contributed by atoms with Gasteiger partial charge in [0.05, 0.1) is 17.9 Å². The van der Waals surface area contributed by atoms with Gasteiger partial charge in [-0.1, -0.05) is 17.3 Å². The number of halogens is 1. The summed E-state index contributed by atoms with van der Waals surface area (Å²) in [5.41, 5.74) is 1.59. The van der Waals surface area contributed by atoms with E-state index in [1.165, 1.54) is 0 Å². The second-order valence-corrected chi connectivity index (χ2v) is 5.32. The second-order valence-electron chi connectivity index (χ2n) is 4.47. The summed E-state index contributed by atoms with van der Waals surface area (Å²) in [6.45, 7) is 1.87. The van der Waals surface area contributed by atoms with E-state index < -0.39 is 0 Å². The van der Waals surface area contributed by atoms with Crippen molar-refractivity contribution in [3.8, 4) is 0 Å². The van der Waals surface area contributed by atoms with Crippen molar-refractivity contribution in [2.75, 3.05) is 25.0 Å². The highest BCUT2D eigenvalue weighted by Crippen LogP contribution is 2.21. The van der Waals surface area contributed by atoms with Crippen molar-refractivity contribution < 1.29 is 10.0 Å². The molecule has 2 rings (SSSR count). The predicted octanol–water partition coefficient (Wildman–Crippen LogP) is 2.31. The summed E-state index contributed by atoms with van der Waals surface area (Å²) >= 11 is 3.40. The molecule has 0 unspecified atom stereocenters. The van der Waals surface area contributed by atoms with E-state index >= 15 is 0 Å². The first-order chi connectivity index (χ1) is 9.19. The third-order valence-electron chi connectivity index (χ3n) is 3.09. The van der Waals surface area contributed by atoms with Gasteiger partial charge in [-0.05, 0) is 28.1 Å². The van der Waals surface area contributed by atoms with Crippen LogP contribution in [-0.4, -0.2) is 41.4 Å². The first kappa shape index (κ1) is 14.0. The summed E-state index contributed by atoms with van der Waals surface area (Å²) in [5, 5.41) is 14.8. The van der Waals surface area contributed by atoms with Gasteiger partial charge in [0.1, 0.15) is 0 Å². The molecule has 0 atom stereocenters. The molecule has 1 fully saturated rings. The first-order valence-corrected chi connectivity index (χ1v) is 6.95. The molecule has 0 radical (unpaired) electrons. The van der Waals surface area contributed by atoms with Crippen molar-refractivity contribution in [3.63, 3.8) is 0 Å². The number of nitrogens with zero attached hydrogens (tertiary/aromatic N) is 2. The van der Waals surface area contributed by atoms with Crippen LogP contribution in [0.25, 0.3) is 0 Å². The van der Waals surface area contributed by atoms with Crippen molar-refractivity contribution in [1.82, 2.24) is 4.90 Å². The number of para-hydroxylation sites is 1. The molecule has 1 aliphatic rings. The number of rotatable bonds is 3. The zero-order valence-electron chi connectivity index (χ0n) is 10.5. The number of anilines is 1. The fraction of sp³-hybridized carbons (Fsp3) is 0.385. The lowest BCUT2D eigenvalue weighted by molar-refractivity contribution is -0.117. The molecule has 1 aromatic rings. The molecule has 1 heterocycles. The molecule has 2 N–H and O–H groups in total. The number of likely N-dealkylation sites (tertiary alicyclic amines) is 1. The van der Waals surface area contributed by atoms with Gasteiger partial charge in [0.2, 0.25) is 5.91 Å². The Morgan fingerprint density at radius 3 is 2.68 bits per heavy atom. The van der Waals surface area contributed by atoms with Crippen LogP contribution in [0.15, 0.2) is 33.9 Å². The Labute approximate surface area is 120 Å². The molecule has 0 aliphatic carbocycles. The molecular formula is C13H16BrN3O2. The Balaban J connectivity index is 1.84. The van der Waals surface area contributed by atoms with E-state index in [0.29, 0.717) is 6.54 Å². The largest absolute Gasteiger partial charge is 0.411 e. The molecule has 0 aromatic heterocycles. The van der Waals surface area contributed by atoms with Crippen molar-refractivity contribution >= 4 is 33.2 Å². The van der Waals surface area contributed by atoms with Crippen molar-refractivity contribution in [1.29, 1.82) is 0 Å². The molecule has 5 nitrogen and oxygen atoms in total. The van der Waals surface area contributed by atoms with Crippen molar-refractivity contribution in [2.24, 2.45) is 5.16 Å². The highest BCUT2D eigenvalue weighted by molar-refractivity contribution is 9.10. The molecule has 0 saturated carbocycles. The molecule has 0 bridgehead atoms. The van der Waals surface area contributed by atoms with Gasteiger partial charge in [-0.2, -0.15) is 0 Å². The summed E-state index contributed by atoms with van der Waals surface area (Å²) in [5.74, 6) is -0.0312. The van der Waals surface area contributed by atoms with Crippen LogP contribution in [0.4, 0.5) is 5.69 Å². The number of hydrogen-bond donors (Lipinski definition) is 2. The summed E-state index contributed by atoms with van der Waals surface area (Å²) in [6.07, 6.45) is 1.44. The minimum atomic E-state index is -0.0312. The van der Waals surface area contributed by atoms with Crippen molar-refractivity contribution in [3.05, 3.63) is 28.7 Å². The highest BCUT2D eigenvalue weighted by Gasteiger charge is 2.18. The van der Waals surface area contributed by atoms with E-state index in [-0.39, 0.29) is 5.91 Å². The van der Waals surface area contributed by atoms with Gasteiger partial charge in [0, 0.05) is 30.4 Å². The summed E-state index contributed by atoms with van der Waals surface area (Å²) in [7, 11) is 0. The fourth-order valence-electron chi connectivity index (χ4n) is 2.02. The van der Waals surface area contributed by atoms with E-state index in [0.717, 1.165) is 41.8 Å². The number of carbonyl (C=O) groups is 1. The molecule has 19 heavy (non-hydrogen) atoms. The van der Waals surface area contributed by atoms with Crippen LogP contribution in [0.2, 0.25) is 0 Å². The molecule has 102 valence electrons. The van der Waals surface area contributed by atoms with Crippen LogP contribution < -0.4 is 5.32 Å². The maximum absolute atomic E-state index is 11.9. The number of piperidine rings is 1. The number of hydrogen-bond acceptors (Lipinski definition) is 4. The predicted molar refractivity (Wildman–Crippen MR) is 77.7 cm³/mol. The molecular weight excluding hydrogens is 310 g/mol. The topological polar surface area (TPSA) is 64.9 Å². The molecule has 6 heteroatoms. The maximum Gasteiger partial charge on any atom is 0.238 e. The Morgan fingerprint density at radius 1 is 1.37 bits per heavy atom. The lowest BCUT2D eigenvalue weighted by Crippen LogP contribution is -2.39. The Bertz CT molecular complexity index is 481. The SMILES string of the molecule is O=C(CN1CCC(=NO)CC1)Nc1ccccc1Br. The molecule has 0 spiro atoms. The minimum Gasteiger partial charge on any atom is -0.411 e. The number of carbonyl (C=O) groups excluding carboxylic acids is 1. The van der Waals surface area contributed by atoms with Gasteiger partial charge >= 0.3 is 0 Å². The van der Waals surface area contributed by atoms with E-state index in [1.54, 1.807) is 0 Å². The minimum absolute atomic E-state index is 0.0312. The lowest BCUT2D eigenvalue weighted by atomic mass is 10.1. The highest BCUT2D eigenvalue weighted by atomic mass is 79.9. The van der Waals surface area contributed by atoms with Crippen molar-refractivity contribution in [2.45, 2.75) is 12.8 Å². The average molecular weight is 326 g/mol. The second kappa shape index (κ2) is 6.68. The van der Waals surface area contributed by atoms with Gasteiger partial charge in [-0.15, -0.1) is 0 Å². The first-order valence-electron chi connectivity index (χ1n) is 6.15. The van der Waals surface area contributed by atoms with Gasteiger partial charge in [-0.25, -0.2) is 0 Å². The Morgan fingerprint density at radius 2 is 2.05 bits per heavy atom. The van der Waals surface area contributed by atoms with Crippen LogP contribution in [0.1, 0.15) is 12.8 Å². The van der Waals surface area contributed by atoms with E-state index in [4.69, 9.17) is 5.21 Å². The zero-order valence-corrected chi connectivity index (χ0v) is 12.1. The standard InChI is InChI=1S/C13H16BrN3O2/c14-11-3-1-2-4-12(11)15-13(18)9-17-7-5-10(16-19)6-8-17/h1-4,19H,5-9H2,(H,15,18). The monoisotopic (exact) mass is 325 g/mol. The van der Waals surface area contributed by atoms with Gasteiger partial charge < -0.3 is 10.5 Å². The normalized spacial score (nSPS) is 16.2. The van der Waals surface area contributed by atoms with E-state index in [1.807, 2.05) is 24.3 Å². The number of oxime groups is 1. The van der Waals surface area contributed by atoms with Crippen LogP contribution in [0.3, 0.4) is 0 Å². The third kappa shape index (κ3) is 4.04. The lowest BCUT2D eigenvalue weighted by Gasteiger charge is -2.26. The number of nitrogens with one attached hydrogen (secondary N) is 1. The number of benzene rings is 1. The smallest absolute Gasteiger partial charge is 0.238 e. The molecule has 1 amide bonds. The van der Waals surface area contributed by atoms with Gasteiger partial charge in [0.15, 0.2) is 0 Å². The Hall–Kier alpha value is -1.40. The Kier molecular flexibility index (Phi) is 4.93. The summed E-state index contributed by atoms with van der Waals surface area (Å²) in [4.78, 5) is 14.0. The van der Waals surface area contributed by atoms with E-state index in [9.17, 15) is 4.79 Å². The van der Waals surface area contributed by atoms with Crippen LogP contribution in [0.5, 0.6) is 0 Å². The van der Waals surface area contributed by atoms with Gasteiger partial charge in [-0.3, -0.25) is 9.69 Å². The van der Waals surface area contributed by atoms with Crippen LogP contribution in [-0.2, 0) is 4.79 Å². The van der Waals surface area contributed by atoms with E-state index in [2.05, 4.69) is 31.3 Å². The fourth-order valence-corrected chi connectivity index (χ4v) is 2.41. The van der Waals surface area contributed by atoms with Crippen LogP contribution in [0, 0.1) is 0 Å². The molecule has 1 aromatic carbocycles. The zero-order chi connectivity index (χ0) is 13.7. The summed E-state index contributed by atoms with van der Waals surface area (Å²) in [6, 6.07) is 7.53. The number of amides is 1. The summed E-state index contributed by atoms with van der Waals surface area (Å²) < 4.78 is 0.872. The third-order valence-corrected chi connectivity index (χ3v) is 3.78. The maximum atomic E-state index is 11.9. The quantitative estimate of drug-likeness (QED) is 0.662. The molecule has 1 aliphatic heterocycles.